The predicted octanol–water partition coefficient (Wildman–Crippen LogP) is 2.87. The molecule has 1 aromatic rings. The van der Waals surface area contributed by atoms with Crippen LogP contribution in [0, 0.1) is 5.82 Å². The highest BCUT2D eigenvalue weighted by Crippen LogP contribution is 2.13. The van der Waals surface area contributed by atoms with E-state index in [9.17, 15) is 9.18 Å². The predicted molar refractivity (Wildman–Crippen MR) is 69.3 cm³/mol. The molecule has 0 bridgehead atoms. The Hall–Kier alpha value is -1.42. The van der Waals surface area contributed by atoms with Gasteiger partial charge in [0.1, 0.15) is 12.4 Å². The second-order valence-electron chi connectivity index (χ2n) is 4.76. The molecule has 0 amide bonds. The van der Waals surface area contributed by atoms with E-state index in [1.807, 2.05) is 0 Å². The van der Waals surface area contributed by atoms with Gasteiger partial charge in [0.25, 0.3) is 0 Å². The highest BCUT2D eigenvalue weighted by molar-refractivity contribution is 5.69. The topological polar surface area (TPSA) is 35.5 Å². The summed E-state index contributed by atoms with van der Waals surface area (Å²) in [4.78, 5) is 11.6. The van der Waals surface area contributed by atoms with Crippen LogP contribution < -0.4 is 0 Å². The number of carbonyl (C=O) groups excluding carboxylic acids is 1. The Labute approximate surface area is 112 Å². The molecule has 0 radical (unpaired) electrons. The zero-order chi connectivity index (χ0) is 13.5. The van der Waals surface area contributed by atoms with Crippen molar-refractivity contribution in [1.29, 1.82) is 0 Å². The molecule has 19 heavy (non-hydrogen) atoms. The summed E-state index contributed by atoms with van der Waals surface area (Å²) in [6.07, 6.45) is 3.76. The Kier molecular flexibility index (Phi) is 5.33. The van der Waals surface area contributed by atoms with E-state index in [0.29, 0.717) is 18.6 Å². The molecule has 2 rings (SSSR count). The number of halogens is 1. The summed E-state index contributed by atoms with van der Waals surface area (Å²) in [6.45, 7) is 1.06. The Bertz CT molecular complexity index is 414. The zero-order valence-corrected chi connectivity index (χ0v) is 10.9. The number of rotatable bonds is 5. The maximum atomic E-state index is 13.3. The van der Waals surface area contributed by atoms with Gasteiger partial charge in [0, 0.05) is 13.0 Å². The lowest BCUT2D eigenvalue weighted by Gasteiger charge is -2.22. The van der Waals surface area contributed by atoms with Gasteiger partial charge in [0.05, 0.1) is 6.10 Å². The van der Waals surface area contributed by atoms with Crippen LogP contribution >= 0.6 is 0 Å². The van der Waals surface area contributed by atoms with Gasteiger partial charge in [0.15, 0.2) is 0 Å². The van der Waals surface area contributed by atoms with E-state index in [4.69, 9.17) is 9.47 Å². The summed E-state index contributed by atoms with van der Waals surface area (Å²) >= 11 is 0. The SMILES string of the molecule is O=C(CCc1ccccc1F)OCC1CCCCO1. The third kappa shape index (κ3) is 4.63. The maximum absolute atomic E-state index is 13.3. The van der Waals surface area contributed by atoms with Crippen molar-refractivity contribution in [3.05, 3.63) is 35.6 Å². The van der Waals surface area contributed by atoms with Crippen LogP contribution in [-0.2, 0) is 20.7 Å². The van der Waals surface area contributed by atoms with Crippen molar-refractivity contribution in [3.8, 4) is 0 Å². The van der Waals surface area contributed by atoms with E-state index in [1.165, 1.54) is 6.07 Å². The van der Waals surface area contributed by atoms with E-state index in [2.05, 4.69) is 0 Å². The highest BCUT2D eigenvalue weighted by atomic mass is 19.1. The van der Waals surface area contributed by atoms with E-state index >= 15 is 0 Å². The molecule has 0 spiro atoms. The largest absolute Gasteiger partial charge is 0.463 e. The molecule has 104 valence electrons. The number of hydrogen-bond acceptors (Lipinski definition) is 3. The van der Waals surface area contributed by atoms with Crippen molar-refractivity contribution in [2.45, 2.75) is 38.2 Å². The maximum Gasteiger partial charge on any atom is 0.306 e. The first kappa shape index (κ1) is 14.0. The summed E-state index contributed by atoms with van der Waals surface area (Å²) < 4.78 is 24.0. The van der Waals surface area contributed by atoms with Gasteiger partial charge < -0.3 is 9.47 Å². The second kappa shape index (κ2) is 7.24. The number of aryl methyl sites for hydroxylation is 1. The van der Waals surface area contributed by atoms with Crippen molar-refractivity contribution in [1.82, 2.24) is 0 Å². The lowest BCUT2D eigenvalue weighted by molar-refractivity contribution is -0.149. The fourth-order valence-corrected chi connectivity index (χ4v) is 2.13. The molecule has 0 saturated carbocycles. The van der Waals surface area contributed by atoms with Crippen molar-refractivity contribution >= 4 is 5.97 Å². The van der Waals surface area contributed by atoms with Crippen LogP contribution in [0.25, 0.3) is 0 Å². The van der Waals surface area contributed by atoms with Crippen LogP contribution in [0.5, 0.6) is 0 Å². The van der Waals surface area contributed by atoms with Gasteiger partial charge in [-0.15, -0.1) is 0 Å². The molecule has 1 saturated heterocycles. The average molecular weight is 266 g/mol. The van der Waals surface area contributed by atoms with Crippen LogP contribution in [-0.4, -0.2) is 25.3 Å². The van der Waals surface area contributed by atoms with Gasteiger partial charge in [-0.2, -0.15) is 0 Å². The first-order valence-electron chi connectivity index (χ1n) is 6.76. The lowest BCUT2D eigenvalue weighted by atomic mass is 10.1. The zero-order valence-electron chi connectivity index (χ0n) is 10.9. The van der Waals surface area contributed by atoms with Gasteiger partial charge >= 0.3 is 5.97 Å². The van der Waals surface area contributed by atoms with Gasteiger partial charge in [0.2, 0.25) is 0 Å². The molecule has 0 aromatic heterocycles. The molecule has 1 unspecified atom stereocenters. The monoisotopic (exact) mass is 266 g/mol. The summed E-state index contributed by atoms with van der Waals surface area (Å²) in [5.74, 6) is -0.566. The van der Waals surface area contributed by atoms with Crippen molar-refractivity contribution < 1.29 is 18.7 Å². The number of benzene rings is 1. The molecule has 1 atom stereocenters. The molecule has 1 heterocycles. The van der Waals surface area contributed by atoms with Gasteiger partial charge in [-0.25, -0.2) is 4.39 Å². The molecule has 1 aliphatic rings. The summed E-state index contributed by atoms with van der Waals surface area (Å²) in [7, 11) is 0. The Morgan fingerprint density at radius 1 is 1.37 bits per heavy atom. The fourth-order valence-electron chi connectivity index (χ4n) is 2.13. The normalized spacial score (nSPS) is 19.1. The third-order valence-electron chi connectivity index (χ3n) is 3.26. The summed E-state index contributed by atoms with van der Waals surface area (Å²) in [5, 5.41) is 0. The van der Waals surface area contributed by atoms with Crippen LogP contribution in [0.2, 0.25) is 0 Å². The number of esters is 1. The third-order valence-corrected chi connectivity index (χ3v) is 3.26. The fraction of sp³-hybridized carbons (Fsp3) is 0.533. The molecule has 1 fully saturated rings. The molecule has 0 aliphatic carbocycles. The lowest BCUT2D eigenvalue weighted by Crippen LogP contribution is -2.26. The first-order chi connectivity index (χ1) is 9.25. The molecule has 3 nitrogen and oxygen atoms in total. The van der Waals surface area contributed by atoms with E-state index in [-0.39, 0.29) is 24.3 Å². The van der Waals surface area contributed by atoms with Crippen LogP contribution in [0.3, 0.4) is 0 Å². The number of ether oxygens (including phenoxy) is 2. The second-order valence-corrected chi connectivity index (χ2v) is 4.76. The van der Waals surface area contributed by atoms with Crippen molar-refractivity contribution in [2.24, 2.45) is 0 Å². The minimum atomic E-state index is -0.294. The van der Waals surface area contributed by atoms with Gasteiger partial charge in [-0.3, -0.25) is 4.79 Å². The molecule has 0 N–H and O–H groups in total. The molecular weight excluding hydrogens is 247 g/mol. The van der Waals surface area contributed by atoms with E-state index in [0.717, 1.165) is 25.9 Å². The van der Waals surface area contributed by atoms with E-state index < -0.39 is 0 Å². The van der Waals surface area contributed by atoms with Crippen LogP contribution in [0.4, 0.5) is 4.39 Å². The van der Waals surface area contributed by atoms with Crippen LogP contribution in [0.1, 0.15) is 31.2 Å². The first-order valence-corrected chi connectivity index (χ1v) is 6.76. The highest BCUT2D eigenvalue weighted by Gasteiger charge is 2.16. The smallest absolute Gasteiger partial charge is 0.306 e. The molecule has 4 heteroatoms. The van der Waals surface area contributed by atoms with Crippen molar-refractivity contribution in [2.75, 3.05) is 13.2 Å². The number of hydrogen-bond donors (Lipinski definition) is 0. The molecule has 1 aromatic carbocycles. The summed E-state index contributed by atoms with van der Waals surface area (Å²) in [6, 6.07) is 6.49. The van der Waals surface area contributed by atoms with Gasteiger partial charge in [-0.05, 0) is 37.3 Å². The Morgan fingerprint density at radius 2 is 2.21 bits per heavy atom. The van der Waals surface area contributed by atoms with E-state index in [1.54, 1.807) is 18.2 Å². The quantitative estimate of drug-likeness (QED) is 0.769. The average Bonchev–Trinajstić information content (AvgIpc) is 2.45. The Balaban J connectivity index is 1.68. The van der Waals surface area contributed by atoms with Crippen molar-refractivity contribution in [3.63, 3.8) is 0 Å². The van der Waals surface area contributed by atoms with Gasteiger partial charge in [-0.1, -0.05) is 18.2 Å². The molecular formula is C15H19FO3. The van der Waals surface area contributed by atoms with Crippen LogP contribution in [0.15, 0.2) is 24.3 Å². The minimum absolute atomic E-state index is 0.0335. The molecule has 1 aliphatic heterocycles. The number of carbonyl (C=O) groups is 1. The minimum Gasteiger partial charge on any atom is -0.463 e. The Morgan fingerprint density at radius 3 is 2.95 bits per heavy atom. The standard InChI is InChI=1S/C15H19FO3/c16-14-7-2-1-5-12(14)8-9-15(17)19-11-13-6-3-4-10-18-13/h1-2,5,7,13H,3-4,6,8-11H2. The summed E-state index contributed by atoms with van der Waals surface area (Å²) in [5.41, 5.74) is 0.549.